The number of rotatable bonds is 7. The molecule has 3 N–H and O–H groups in total. The highest BCUT2D eigenvalue weighted by Crippen LogP contribution is 2.26. The van der Waals surface area contributed by atoms with Gasteiger partial charge in [-0.3, -0.25) is 0 Å². The fourth-order valence-electron chi connectivity index (χ4n) is 2.46. The summed E-state index contributed by atoms with van der Waals surface area (Å²) >= 11 is 0. The second kappa shape index (κ2) is 8.24. The third-order valence-electron chi connectivity index (χ3n) is 3.75. The number of ether oxygens (including phenoxy) is 2. The SMILES string of the molecule is N[C@H](COCc1ccccc1)c1ncc(-c2ccc(OC(F)(F)F)cc2)[nH]1. The highest BCUT2D eigenvalue weighted by Gasteiger charge is 2.31. The molecule has 0 aliphatic heterocycles. The Balaban J connectivity index is 1.57. The van der Waals surface area contributed by atoms with E-state index in [4.69, 9.17) is 10.5 Å². The Morgan fingerprint density at radius 3 is 2.41 bits per heavy atom. The molecule has 1 aromatic heterocycles. The molecule has 3 rings (SSSR count). The van der Waals surface area contributed by atoms with E-state index < -0.39 is 12.4 Å². The van der Waals surface area contributed by atoms with Gasteiger partial charge in [0.1, 0.15) is 11.6 Å². The van der Waals surface area contributed by atoms with Crippen molar-refractivity contribution < 1.29 is 22.6 Å². The zero-order chi connectivity index (χ0) is 19.3. The number of hydrogen-bond donors (Lipinski definition) is 2. The molecule has 8 heteroatoms. The van der Waals surface area contributed by atoms with Gasteiger partial charge in [-0.15, -0.1) is 13.2 Å². The minimum absolute atomic E-state index is 0.278. The van der Waals surface area contributed by atoms with Crippen LogP contribution in [-0.4, -0.2) is 22.9 Å². The van der Waals surface area contributed by atoms with Crippen LogP contribution in [0.5, 0.6) is 5.75 Å². The van der Waals surface area contributed by atoms with E-state index in [0.29, 0.717) is 23.7 Å². The fraction of sp³-hybridized carbons (Fsp3) is 0.211. The van der Waals surface area contributed by atoms with Crippen LogP contribution in [0.1, 0.15) is 17.4 Å². The predicted octanol–water partition coefficient (Wildman–Crippen LogP) is 4.19. The Labute approximate surface area is 153 Å². The molecule has 5 nitrogen and oxygen atoms in total. The number of hydrogen-bond acceptors (Lipinski definition) is 4. The van der Waals surface area contributed by atoms with E-state index in [-0.39, 0.29) is 12.4 Å². The van der Waals surface area contributed by atoms with Gasteiger partial charge in [0.25, 0.3) is 0 Å². The molecular weight excluding hydrogens is 359 g/mol. The standard InChI is InChI=1S/C19H18F3N3O2/c20-19(21,22)27-15-8-6-14(7-9-15)17-10-24-18(25-17)16(23)12-26-11-13-4-2-1-3-5-13/h1-10,16H,11-12,23H2,(H,24,25)/t16-/m1/s1. The molecule has 142 valence electrons. The number of aromatic amines is 1. The van der Waals surface area contributed by atoms with Crippen molar-refractivity contribution in [3.63, 3.8) is 0 Å². The number of nitrogens with zero attached hydrogens (tertiary/aromatic N) is 1. The maximum Gasteiger partial charge on any atom is 0.573 e. The number of nitrogens with two attached hydrogens (primary N) is 1. The van der Waals surface area contributed by atoms with E-state index in [1.807, 2.05) is 30.3 Å². The molecule has 0 saturated carbocycles. The Kier molecular flexibility index (Phi) is 5.78. The summed E-state index contributed by atoms with van der Waals surface area (Å²) in [6.45, 7) is 0.725. The number of benzene rings is 2. The van der Waals surface area contributed by atoms with Crippen molar-refractivity contribution in [3.05, 3.63) is 72.2 Å². The third-order valence-corrected chi connectivity index (χ3v) is 3.75. The third kappa shape index (κ3) is 5.57. The molecule has 0 saturated heterocycles. The number of nitrogens with one attached hydrogen (secondary N) is 1. The number of alkyl halides is 3. The Morgan fingerprint density at radius 1 is 1.04 bits per heavy atom. The molecule has 3 aromatic rings. The van der Waals surface area contributed by atoms with Crippen LogP contribution < -0.4 is 10.5 Å². The summed E-state index contributed by atoms with van der Waals surface area (Å²) in [5.74, 6) is 0.255. The Hall–Kier alpha value is -2.84. The highest BCUT2D eigenvalue weighted by molar-refractivity contribution is 5.59. The summed E-state index contributed by atoms with van der Waals surface area (Å²) in [5.41, 5.74) is 8.44. The monoisotopic (exact) mass is 377 g/mol. The molecular formula is C19H18F3N3O2. The molecule has 0 unspecified atom stereocenters. The lowest BCUT2D eigenvalue weighted by Gasteiger charge is -2.10. The minimum Gasteiger partial charge on any atom is -0.406 e. The quantitative estimate of drug-likeness (QED) is 0.648. The van der Waals surface area contributed by atoms with Crippen LogP contribution in [0.25, 0.3) is 11.3 Å². The summed E-state index contributed by atoms with van der Waals surface area (Å²) < 4.78 is 46.1. The smallest absolute Gasteiger partial charge is 0.406 e. The summed E-state index contributed by atoms with van der Waals surface area (Å²) in [5, 5.41) is 0. The first-order chi connectivity index (χ1) is 12.9. The van der Waals surface area contributed by atoms with Gasteiger partial charge >= 0.3 is 6.36 Å². The van der Waals surface area contributed by atoms with Crippen LogP contribution in [-0.2, 0) is 11.3 Å². The summed E-state index contributed by atoms with van der Waals surface area (Å²) in [7, 11) is 0. The molecule has 0 spiro atoms. The molecule has 0 radical (unpaired) electrons. The van der Waals surface area contributed by atoms with Crippen molar-refractivity contribution in [1.82, 2.24) is 9.97 Å². The number of halogens is 3. The first-order valence-electron chi connectivity index (χ1n) is 8.19. The van der Waals surface area contributed by atoms with Crippen LogP contribution in [0.4, 0.5) is 13.2 Å². The number of imidazole rings is 1. The predicted molar refractivity (Wildman–Crippen MR) is 93.7 cm³/mol. The van der Waals surface area contributed by atoms with Crippen LogP contribution in [0.3, 0.4) is 0 Å². The van der Waals surface area contributed by atoms with E-state index in [1.54, 1.807) is 6.20 Å². The maximum absolute atomic E-state index is 12.2. The molecule has 0 aliphatic carbocycles. The van der Waals surface area contributed by atoms with Crippen molar-refractivity contribution in [3.8, 4) is 17.0 Å². The average Bonchev–Trinajstić information content (AvgIpc) is 3.12. The van der Waals surface area contributed by atoms with E-state index >= 15 is 0 Å². The zero-order valence-corrected chi connectivity index (χ0v) is 14.2. The van der Waals surface area contributed by atoms with Gasteiger partial charge in [0.2, 0.25) is 0 Å². The molecule has 2 aromatic carbocycles. The first kappa shape index (κ1) is 18.9. The zero-order valence-electron chi connectivity index (χ0n) is 14.2. The lowest BCUT2D eigenvalue weighted by atomic mass is 10.2. The highest BCUT2D eigenvalue weighted by atomic mass is 19.4. The van der Waals surface area contributed by atoms with Gasteiger partial charge < -0.3 is 20.2 Å². The van der Waals surface area contributed by atoms with Gasteiger partial charge in [0, 0.05) is 0 Å². The van der Waals surface area contributed by atoms with E-state index in [1.165, 1.54) is 24.3 Å². The van der Waals surface area contributed by atoms with Crippen LogP contribution in [0, 0.1) is 0 Å². The van der Waals surface area contributed by atoms with Crippen molar-refractivity contribution >= 4 is 0 Å². The minimum atomic E-state index is -4.71. The summed E-state index contributed by atoms with van der Waals surface area (Å²) in [6.07, 6.45) is -3.14. The van der Waals surface area contributed by atoms with Gasteiger partial charge in [0.05, 0.1) is 31.1 Å². The number of aromatic nitrogens is 2. The summed E-state index contributed by atoms with van der Waals surface area (Å²) in [4.78, 5) is 7.29. The molecule has 0 bridgehead atoms. The normalized spacial score (nSPS) is 12.7. The summed E-state index contributed by atoms with van der Waals surface area (Å²) in [6, 6.07) is 14.8. The molecule has 0 amide bonds. The fourth-order valence-corrected chi connectivity index (χ4v) is 2.46. The molecule has 1 heterocycles. The van der Waals surface area contributed by atoms with E-state index in [0.717, 1.165) is 5.56 Å². The number of H-pyrrole nitrogens is 1. The molecule has 0 fully saturated rings. The second-order valence-electron chi connectivity index (χ2n) is 5.86. The van der Waals surface area contributed by atoms with E-state index in [2.05, 4.69) is 14.7 Å². The maximum atomic E-state index is 12.2. The average molecular weight is 377 g/mol. The van der Waals surface area contributed by atoms with Gasteiger partial charge in [-0.05, 0) is 35.4 Å². The Morgan fingerprint density at radius 2 is 1.74 bits per heavy atom. The first-order valence-corrected chi connectivity index (χ1v) is 8.19. The van der Waals surface area contributed by atoms with Gasteiger partial charge in [-0.2, -0.15) is 0 Å². The van der Waals surface area contributed by atoms with Gasteiger partial charge in [-0.1, -0.05) is 30.3 Å². The lowest BCUT2D eigenvalue weighted by Crippen LogP contribution is -2.18. The molecule has 27 heavy (non-hydrogen) atoms. The van der Waals surface area contributed by atoms with E-state index in [9.17, 15) is 13.2 Å². The topological polar surface area (TPSA) is 73.2 Å². The lowest BCUT2D eigenvalue weighted by molar-refractivity contribution is -0.274. The van der Waals surface area contributed by atoms with Crippen molar-refractivity contribution in [2.24, 2.45) is 5.73 Å². The van der Waals surface area contributed by atoms with Gasteiger partial charge in [-0.25, -0.2) is 4.98 Å². The second-order valence-corrected chi connectivity index (χ2v) is 5.86. The van der Waals surface area contributed by atoms with Crippen LogP contribution in [0.2, 0.25) is 0 Å². The molecule has 1 atom stereocenters. The van der Waals surface area contributed by atoms with Crippen molar-refractivity contribution in [2.45, 2.75) is 19.0 Å². The Bertz CT molecular complexity index is 849. The largest absolute Gasteiger partial charge is 0.573 e. The van der Waals surface area contributed by atoms with Crippen LogP contribution in [0.15, 0.2) is 60.8 Å². The van der Waals surface area contributed by atoms with Crippen molar-refractivity contribution in [2.75, 3.05) is 6.61 Å². The van der Waals surface area contributed by atoms with Crippen molar-refractivity contribution in [1.29, 1.82) is 0 Å². The van der Waals surface area contributed by atoms with Crippen LogP contribution >= 0.6 is 0 Å². The molecule has 0 aliphatic rings. The van der Waals surface area contributed by atoms with Gasteiger partial charge in [0.15, 0.2) is 0 Å².